The van der Waals surface area contributed by atoms with Crippen LogP contribution in [-0.2, 0) is 9.59 Å². The lowest BCUT2D eigenvalue weighted by Crippen LogP contribution is -2.46. The number of carbonyl (C=O) groups is 2. The molecule has 104 valence electrons. The Morgan fingerprint density at radius 3 is 2.56 bits per heavy atom. The maximum atomic E-state index is 11.9. The Hall–Kier alpha value is -0.900. The number of amides is 1. The van der Waals surface area contributed by atoms with Crippen LogP contribution < -0.4 is 5.32 Å². The molecule has 0 aromatic heterocycles. The number of Topliss-reactive ketones (excluding diaryl/α,β-unsaturated/α-hetero) is 1. The molecule has 0 radical (unpaired) electrons. The van der Waals surface area contributed by atoms with Crippen molar-refractivity contribution in [3.63, 3.8) is 0 Å². The summed E-state index contributed by atoms with van der Waals surface area (Å²) in [4.78, 5) is 25.3. The summed E-state index contributed by atoms with van der Waals surface area (Å²) in [5.41, 5.74) is 0. The molecule has 0 aliphatic carbocycles. The minimum absolute atomic E-state index is 0.0698. The second-order valence-electron chi connectivity index (χ2n) is 5.79. The van der Waals surface area contributed by atoms with Crippen LogP contribution in [0.5, 0.6) is 0 Å². The average Bonchev–Trinajstić information content (AvgIpc) is 2.28. The third kappa shape index (κ3) is 4.77. The van der Waals surface area contributed by atoms with Crippen LogP contribution in [0.1, 0.15) is 40.5 Å². The van der Waals surface area contributed by atoms with Gasteiger partial charge >= 0.3 is 0 Å². The normalized spacial score (nSPS) is 22.8. The van der Waals surface area contributed by atoms with Crippen LogP contribution in [-0.4, -0.2) is 42.3 Å². The highest BCUT2D eigenvalue weighted by Crippen LogP contribution is 2.16. The minimum atomic E-state index is 0.0698. The van der Waals surface area contributed by atoms with Crippen molar-refractivity contribution >= 4 is 11.7 Å². The van der Waals surface area contributed by atoms with Crippen LogP contribution in [0.15, 0.2) is 0 Å². The number of hydrogen-bond donors (Lipinski definition) is 1. The van der Waals surface area contributed by atoms with Gasteiger partial charge in [0.05, 0.1) is 6.54 Å². The van der Waals surface area contributed by atoms with Crippen LogP contribution in [0.25, 0.3) is 0 Å². The van der Waals surface area contributed by atoms with Gasteiger partial charge in [-0.05, 0) is 39.2 Å². The summed E-state index contributed by atoms with van der Waals surface area (Å²) in [5, 5.41) is 3.01. The van der Waals surface area contributed by atoms with E-state index in [0.717, 1.165) is 25.9 Å². The van der Waals surface area contributed by atoms with E-state index < -0.39 is 0 Å². The van der Waals surface area contributed by atoms with E-state index in [9.17, 15) is 9.59 Å². The number of nitrogens with one attached hydrogen (secondary N) is 1. The molecule has 0 spiro atoms. The van der Waals surface area contributed by atoms with Crippen molar-refractivity contribution in [2.45, 2.75) is 46.6 Å². The van der Waals surface area contributed by atoms with E-state index in [1.807, 2.05) is 6.92 Å². The zero-order chi connectivity index (χ0) is 13.7. The molecule has 4 nitrogen and oxygen atoms in total. The first kappa shape index (κ1) is 15.2. The fraction of sp³-hybridized carbons (Fsp3) is 0.857. The number of nitrogens with zero attached hydrogens (tertiary/aromatic N) is 1. The van der Waals surface area contributed by atoms with E-state index in [4.69, 9.17) is 0 Å². The number of rotatable bonds is 5. The van der Waals surface area contributed by atoms with Crippen molar-refractivity contribution in [2.75, 3.05) is 19.6 Å². The van der Waals surface area contributed by atoms with Gasteiger partial charge in [0, 0.05) is 18.5 Å². The van der Waals surface area contributed by atoms with Gasteiger partial charge < -0.3 is 5.32 Å². The molecule has 1 saturated heterocycles. The van der Waals surface area contributed by atoms with Crippen molar-refractivity contribution < 1.29 is 9.59 Å². The molecule has 1 aliphatic heterocycles. The van der Waals surface area contributed by atoms with Crippen LogP contribution in [0.2, 0.25) is 0 Å². The maximum absolute atomic E-state index is 11.9. The molecule has 0 bridgehead atoms. The van der Waals surface area contributed by atoms with Gasteiger partial charge in [0.2, 0.25) is 5.91 Å². The Morgan fingerprint density at radius 1 is 1.33 bits per heavy atom. The Labute approximate surface area is 110 Å². The molecule has 1 rings (SSSR count). The predicted octanol–water partition coefficient (Wildman–Crippen LogP) is 1.45. The van der Waals surface area contributed by atoms with Gasteiger partial charge in [0.15, 0.2) is 0 Å². The Kier molecular flexibility index (Phi) is 5.79. The van der Waals surface area contributed by atoms with Crippen molar-refractivity contribution in [1.29, 1.82) is 0 Å². The van der Waals surface area contributed by atoms with Crippen molar-refractivity contribution in [1.82, 2.24) is 10.2 Å². The second-order valence-corrected chi connectivity index (χ2v) is 5.79. The summed E-state index contributed by atoms with van der Waals surface area (Å²) < 4.78 is 0. The van der Waals surface area contributed by atoms with Crippen LogP contribution in [0.4, 0.5) is 0 Å². The third-order valence-corrected chi connectivity index (χ3v) is 3.84. The summed E-state index contributed by atoms with van der Waals surface area (Å²) in [6, 6.07) is 0.200. The molecule has 1 heterocycles. The maximum Gasteiger partial charge on any atom is 0.234 e. The topological polar surface area (TPSA) is 49.4 Å². The standard InChI is InChI=1S/C14H26N2O2/c1-10(2)11(3)15-14(18)9-16-7-5-6-13(8-16)12(4)17/h10-11,13H,5-9H2,1-4H3,(H,15,18). The molecule has 2 atom stereocenters. The molecular formula is C14H26N2O2. The fourth-order valence-corrected chi connectivity index (χ4v) is 2.20. The van der Waals surface area contributed by atoms with Crippen LogP contribution >= 0.6 is 0 Å². The smallest absolute Gasteiger partial charge is 0.234 e. The molecular weight excluding hydrogens is 228 g/mol. The Morgan fingerprint density at radius 2 is 2.00 bits per heavy atom. The molecule has 0 aromatic carbocycles. The van der Waals surface area contributed by atoms with Gasteiger partial charge in [0.25, 0.3) is 0 Å². The first-order valence-corrected chi connectivity index (χ1v) is 6.92. The molecule has 18 heavy (non-hydrogen) atoms. The van der Waals surface area contributed by atoms with E-state index >= 15 is 0 Å². The quantitative estimate of drug-likeness (QED) is 0.808. The summed E-state index contributed by atoms with van der Waals surface area (Å²) in [6.07, 6.45) is 1.98. The molecule has 1 N–H and O–H groups in total. The summed E-state index contributed by atoms with van der Waals surface area (Å²) in [5.74, 6) is 0.880. The van der Waals surface area contributed by atoms with E-state index in [-0.39, 0.29) is 23.7 Å². The lowest BCUT2D eigenvalue weighted by atomic mass is 9.94. The van der Waals surface area contributed by atoms with Crippen molar-refractivity contribution in [3.8, 4) is 0 Å². The van der Waals surface area contributed by atoms with Gasteiger partial charge in [-0.1, -0.05) is 13.8 Å². The minimum Gasteiger partial charge on any atom is -0.352 e. The summed E-state index contributed by atoms with van der Waals surface area (Å²) in [6.45, 7) is 9.94. The molecule has 2 unspecified atom stereocenters. The van der Waals surface area contributed by atoms with E-state index in [0.29, 0.717) is 12.5 Å². The number of ketones is 1. The Balaban J connectivity index is 2.37. The van der Waals surface area contributed by atoms with Crippen molar-refractivity contribution in [3.05, 3.63) is 0 Å². The van der Waals surface area contributed by atoms with E-state index in [1.54, 1.807) is 6.92 Å². The zero-order valence-electron chi connectivity index (χ0n) is 12.0. The first-order valence-electron chi connectivity index (χ1n) is 6.92. The largest absolute Gasteiger partial charge is 0.352 e. The second kappa shape index (κ2) is 6.88. The SMILES string of the molecule is CC(=O)C1CCCN(CC(=O)NC(C)C(C)C)C1. The van der Waals surface area contributed by atoms with Gasteiger partial charge in [-0.25, -0.2) is 0 Å². The van der Waals surface area contributed by atoms with E-state index in [2.05, 4.69) is 24.1 Å². The molecule has 4 heteroatoms. The fourth-order valence-electron chi connectivity index (χ4n) is 2.20. The number of piperidine rings is 1. The van der Waals surface area contributed by atoms with E-state index in [1.165, 1.54) is 0 Å². The van der Waals surface area contributed by atoms with Crippen molar-refractivity contribution in [2.24, 2.45) is 11.8 Å². The Bertz CT molecular complexity index is 302. The van der Waals surface area contributed by atoms with Gasteiger partial charge in [0.1, 0.15) is 5.78 Å². The zero-order valence-corrected chi connectivity index (χ0v) is 12.0. The van der Waals surface area contributed by atoms with Gasteiger partial charge in [-0.15, -0.1) is 0 Å². The predicted molar refractivity (Wildman–Crippen MR) is 72.3 cm³/mol. The van der Waals surface area contributed by atoms with Crippen LogP contribution in [0, 0.1) is 11.8 Å². The summed E-state index contributed by atoms with van der Waals surface area (Å²) in [7, 11) is 0. The lowest BCUT2D eigenvalue weighted by molar-refractivity contribution is -0.126. The molecule has 1 fully saturated rings. The first-order chi connectivity index (χ1) is 8.40. The highest BCUT2D eigenvalue weighted by molar-refractivity contribution is 5.80. The van der Waals surface area contributed by atoms with Crippen LogP contribution in [0.3, 0.4) is 0 Å². The molecule has 1 amide bonds. The number of carbonyl (C=O) groups excluding carboxylic acids is 2. The third-order valence-electron chi connectivity index (χ3n) is 3.84. The van der Waals surface area contributed by atoms with Gasteiger partial charge in [-0.3, -0.25) is 14.5 Å². The molecule has 0 aromatic rings. The average molecular weight is 254 g/mol. The molecule has 1 aliphatic rings. The highest BCUT2D eigenvalue weighted by atomic mass is 16.2. The number of likely N-dealkylation sites (tertiary alicyclic amines) is 1. The molecule has 0 saturated carbocycles. The number of hydrogen-bond acceptors (Lipinski definition) is 3. The van der Waals surface area contributed by atoms with Gasteiger partial charge in [-0.2, -0.15) is 0 Å². The summed E-state index contributed by atoms with van der Waals surface area (Å²) >= 11 is 0. The monoisotopic (exact) mass is 254 g/mol. The lowest BCUT2D eigenvalue weighted by Gasteiger charge is -2.31. The highest BCUT2D eigenvalue weighted by Gasteiger charge is 2.24.